The maximum atomic E-state index is 12.3. The molecule has 7 nitrogen and oxygen atoms in total. The summed E-state index contributed by atoms with van der Waals surface area (Å²) in [6, 6.07) is 12.3. The average molecular weight is 431 g/mol. The molecule has 1 aliphatic rings. The van der Waals surface area contributed by atoms with Gasteiger partial charge in [0.25, 0.3) is 0 Å². The molecule has 3 N–H and O–H groups in total. The van der Waals surface area contributed by atoms with E-state index >= 15 is 0 Å². The quantitative estimate of drug-likeness (QED) is 0.396. The molecule has 2 atom stereocenters. The van der Waals surface area contributed by atoms with Crippen LogP contribution in [0.2, 0.25) is 0 Å². The average Bonchev–Trinajstić information content (AvgIpc) is 3.19. The maximum Gasteiger partial charge on any atom is 0.220 e. The van der Waals surface area contributed by atoms with Crippen molar-refractivity contribution < 1.29 is 14.1 Å². The van der Waals surface area contributed by atoms with E-state index < -0.39 is 0 Å². The zero-order chi connectivity index (χ0) is 21.2. The van der Waals surface area contributed by atoms with Crippen molar-refractivity contribution in [3.05, 3.63) is 47.9 Å². The first kappa shape index (κ1) is 22.4. The molecule has 3 rings (SSSR count). The maximum absolute atomic E-state index is 12.3. The van der Waals surface area contributed by atoms with E-state index in [-0.39, 0.29) is 11.8 Å². The zero-order valence-corrected chi connectivity index (χ0v) is 18.2. The van der Waals surface area contributed by atoms with Crippen LogP contribution >= 0.6 is 11.8 Å². The number of thioether (sulfide) groups is 1. The van der Waals surface area contributed by atoms with Crippen LogP contribution in [-0.2, 0) is 21.8 Å². The number of aromatic nitrogens is 1. The van der Waals surface area contributed by atoms with E-state index in [0.717, 1.165) is 43.1 Å². The Morgan fingerprint density at radius 2 is 2.00 bits per heavy atom. The summed E-state index contributed by atoms with van der Waals surface area (Å²) < 4.78 is 5.52. The highest BCUT2D eigenvalue weighted by Crippen LogP contribution is 2.27. The lowest BCUT2D eigenvalue weighted by Crippen LogP contribution is -2.41. The summed E-state index contributed by atoms with van der Waals surface area (Å²) in [5.74, 6) is 2.23. The highest BCUT2D eigenvalue weighted by Gasteiger charge is 2.28. The standard InChI is InChI=1S/C22H30N4O3S/c1-16(27)24-9-10-25-22(28)12-17-7-8-23-14-18(17)11-19-13-20(29-26-19)15-30-21-5-3-2-4-6-21/h2-6,13,17-18,23H,7-12,14-15H2,1H3,(H,24,27)(H,25,28)/t17-,18-/m0/s1. The molecule has 8 heteroatoms. The molecule has 162 valence electrons. The minimum atomic E-state index is -0.0863. The van der Waals surface area contributed by atoms with Gasteiger partial charge in [0.05, 0.1) is 11.4 Å². The first-order valence-electron chi connectivity index (χ1n) is 10.4. The van der Waals surface area contributed by atoms with Gasteiger partial charge in [0.15, 0.2) is 0 Å². The molecule has 30 heavy (non-hydrogen) atoms. The van der Waals surface area contributed by atoms with E-state index in [4.69, 9.17) is 4.52 Å². The van der Waals surface area contributed by atoms with Crippen molar-refractivity contribution in [1.82, 2.24) is 21.1 Å². The molecule has 2 heterocycles. The molecule has 1 aromatic carbocycles. The number of benzene rings is 1. The fraction of sp³-hybridized carbons (Fsp3) is 0.500. The molecule has 2 amide bonds. The summed E-state index contributed by atoms with van der Waals surface area (Å²) in [4.78, 5) is 24.4. The van der Waals surface area contributed by atoms with Crippen LogP contribution in [0.15, 0.2) is 45.8 Å². The molecule has 0 bridgehead atoms. The fourth-order valence-electron chi connectivity index (χ4n) is 3.70. The van der Waals surface area contributed by atoms with E-state index in [1.165, 1.54) is 11.8 Å². The van der Waals surface area contributed by atoms with Crippen molar-refractivity contribution >= 4 is 23.6 Å². The van der Waals surface area contributed by atoms with Gasteiger partial charge in [-0.1, -0.05) is 23.4 Å². The molecule has 1 aliphatic heterocycles. The van der Waals surface area contributed by atoms with Gasteiger partial charge in [-0.3, -0.25) is 9.59 Å². The highest BCUT2D eigenvalue weighted by molar-refractivity contribution is 7.98. The predicted molar refractivity (Wildman–Crippen MR) is 117 cm³/mol. The Hall–Kier alpha value is -2.32. The SMILES string of the molecule is CC(=O)NCCNC(=O)C[C@@H]1CCNC[C@@H]1Cc1cc(CSc2ccccc2)on1. The van der Waals surface area contributed by atoms with Gasteiger partial charge in [-0.25, -0.2) is 0 Å². The van der Waals surface area contributed by atoms with E-state index in [9.17, 15) is 9.59 Å². The van der Waals surface area contributed by atoms with Crippen LogP contribution in [0.4, 0.5) is 0 Å². The second-order valence-electron chi connectivity index (χ2n) is 7.64. The third kappa shape index (κ3) is 7.50. The molecule has 0 aliphatic carbocycles. The molecule has 0 spiro atoms. The first-order chi connectivity index (χ1) is 14.6. The summed E-state index contributed by atoms with van der Waals surface area (Å²) in [5, 5.41) is 13.3. The highest BCUT2D eigenvalue weighted by atomic mass is 32.2. The number of hydrogen-bond acceptors (Lipinski definition) is 6. The number of carbonyl (C=O) groups excluding carboxylic acids is 2. The number of amides is 2. The normalized spacial score (nSPS) is 18.7. The molecule has 1 aromatic heterocycles. The van der Waals surface area contributed by atoms with Crippen molar-refractivity contribution in [2.24, 2.45) is 11.8 Å². The third-order valence-electron chi connectivity index (χ3n) is 5.24. The number of piperidine rings is 1. The monoisotopic (exact) mass is 430 g/mol. The van der Waals surface area contributed by atoms with Gasteiger partial charge in [0.2, 0.25) is 11.8 Å². The van der Waals surface area contributed by atoms with Gasteiger partial charge < -0.3 is 20.5 Å². The number of nitrogens with zero attached hydrogens (tertiary/aromatic N) is 1. The minimum Gasteiger partial charge on any atom is -0.360 e. The minimum absolute atomic E-state index is 0.0392. The van der Waals surface area contributed by atoms with E-state index in [0.29, 0.717) is 31.3 Å². The number of carbonyl (C=O) groups is 2. The van der Waals surface area contributed by atoms with Crippen LogP contribution in [0.25, 0.3) is 0 Å². The Labute approximate surface area is 181 Å². The molecule has 0 saturated carbocycles. The molecule has 0 radical (unpaired) electrons. The second kappa shape index (κ2) is 11.8. The lowest BCUT2D eigenvalue weighted by Gasteiger charge is -2.31. The largest absolute Gasteiger partial charge is 0.360 e. The zero-order valence-electron chi connectivity index (χ0n) is 17.4. The van der Waals surface area contributed by atoms with Gasteiger partial charge >= 0.3 is 0 Å². The van der Waals surface area contributed by atoms with Crippen molar-refractivity contribution in [3.63, 3.8) is 0 Å². The van der Waals surface area contributed by atoms with Gasteiger partial charge in [-0.2, -0.15) is 0 Å². The Morgan fingerprint density at radius 3 is 2.80 bits per heavy atom. The fourth-order valence-corrected chi connectivity index (χ4v) is 4.49. The van der Waals surface area contributed by atoms with Gasteiger partial charge in [0, 0.05) is 37.4 Å². The Bertz CT molecular complexity index is 812. The topological polar surface area (TPSA) is 96.3 Å². The molecule has 1 saturated heterocycles. The summed E-state index contributed by atoms with van der Waals surface area (Å²) in [7, 11) is 0. The van der Waals surface area contributed by atoms with Crippen LogP contribution in [-0.4, -0.2) is 43.2 Å². The van der Waals surface area contributed by atoms with Gasteiger partial charge in [0.1, 0.15) is 5.76 Å². The second-order valence-corrected chi connectivity index (χ2v) is 8.69. The Balaban J connectivity index is 1.46. The Kier molecular flexibility index (Phi) is 8.77. The lowest BCUT2D eigenvalue weighted by atomic mass is 9.81. The van der Waals surface area contributed by atoms with E-state index in [2.05, 4.69) is 33.2 Å². The van der Waals surface area contributed by atoms with E-state index in [1.807, 2.05) is 24.3 Å². The summed E-state index contributed by atoms with van der Waals surface area (Å²) in [6.07, 6.45) is 2.27. The Morgan fingerprint density at radius 1 is 1.20 bits per heavy atom. The van der Waals surface area contributed by atoms with Crippen LogP contribution in [0, 0.1) is 11.8 Å². The summed E-state index contributed by atoms with van der Waals surface area (Å²) >= 11 is 1.73. The van der Waals surface area contributed by atoms with Crippen molar-refractivity contribution in [1.29, 1.82) is 0 Å². The molecule has 2 aromatic rings. The lowest BCUT2D eigenvalue weighted by molar-refractivity contribution is -0.123. The number of rotatable bonds is 10. The molecular formula is C22H30N4O3S. The van der Waals surface area contributed by atoms with Crippen molar-refractivity contribution in [3.8, 4) is 0 Å². The van der Waals surface area contributed by atoms with Gasteiger partial charge in [-0.05, 0) is 49.9 Å². The number of hydrogen-bond donors (Lipinski definition) is 3. The van der Waals surface area contributed by atoms with Crippen LogP contribution in [0.5, 0.6) is 0 Å². The molecule has 1 fully saturated rings. The smallest absolute Gasteiger partial charge is 0.220 e. The summed E-state index contributed by atoms with van der Waals surface area (Å²) in [6.45, 7) is 4.19. The molecule has 0 unspecified atom stereocenters. The van der Waals surface area contributed by atoms with Crippen LogP contribution < -0.4 is 16.0 Å². The van der Waals surface area contributed by atoms with E-state index in [1.54, 1.807) is 11.8 Å². The van der Waals surface area contributed by atoms with Gasteiger partial charge in [-0.15, -0.1) is 11.8 Å². The first-order valence-corrected chi connectivity index (χ1v) is 11.4. The van der Waals surface area contributed by atoms with Crippen LogP contribution in [0.3, 0.4) is 0 Å². The van der Waals surface area contributed by atoms with Crippen LogP contribution in [0.1, 0.15) is 31.2 Å². The predicted octanol–water partition coefficient (Wildman–Crippen LogP) is 2.38. The summed E-state index contributed by atoms with van der Waals surface area (Å²) in [5.41, 5.74) is 0.948. The third-order valence-corrected chi connectivity index (χ3v) is 6.27. The van der Waals surface area contributed by atoms with Crippen molar-refractivity contribution in [2.75, 3.05) is 26.2 Å². The number of nitrogens with one attached hydrogen (secondary N) is 3. The molecular weight excluding hydrogens is 400 g/mol. The van der Waals surface area contributed by atoms with Crippen molar-refractivity contribution in [2.45, 2.75) is 36.8 Å².